The van der Waals surface area contributed by atoms with Gasteiger partial charge in [0, 0.05) is 18.1 Å². The summed E-state index contributed by atoms with van der Waals surface area (Å²) in [5, 5.41) is 3.67. The summed E-state index contributed by atoms with van der Waals surface area (Å²) in [6, 6.07) is 6.49. The fourth-order valence-corrected chi connectivity index (χ4v) is 4.90. The maximum Gasteiger partial charge on any atom is 0.162 e. The SMILES string of the molecule is CCc1ccc(OCC(C)C)cc1C1(C2(C)CCC(OC)CC2)N=C(C)C(=S)N1. The highest BCUT2D eigenvalue weighted by Crippen LogP contribution is 2.53. The van der Waals surface area contributed by atoms with E-state index in [2.05, 4.69) is 51.2 Å². The Labute approximate surface area is 181 Å². The number of ether oxygens (including phenoxy) is 2. The van der Waals surface area contributed by atoms with Crippen LogP contribution in [0, 0.1) is 11.3 Å². The predicted molar refractivity (Wildman–Crippen MR) is 124 cm³/mol. The average Bonchev–Trinajstić information content (AvgIpc) is 3.03. The minimum atomic E-state index is -0.546. The van der Waals surface area contributed by atoms with Gasteiger partial charge in [0.05, 0.1) is 18.4 Å². The molecule has 1 aromatic rings. The molecule has 1 atom stereocenters. The average molecular weight is 417 g/mol. The predicted octanol–water partition coefficient (Wildman–Crippen LogP) is 5.42. The highest BCUT2D eigenvalue weighted by atomic mass is 32.1. The van der Waals surface area contributed by atoms with E-state index in [0.29, 0.717) is 18.6 Å². The lowest BCUT2D eigenvalue weighted by molar-refractivity contribution is -0.00502. The normalized spacial score (nSPS) is 29.7. The Balaban J connectivity index is 2.08. The molecule has 1 aliphatic heterocycles. The number of benzene rings is 1. The van der Waals surface area contributed by atoms with Crippen LogP contribution in [-0.4, -0.2) is 30.5 Å². The van der Waals surface area contributed by atoms with Crippen LogP contribution < -0.4 is 10.1 Å². The third kappa shape index (κ3) is 4.22. The van der Waals surface area contributed by atoms with Gasteiger partial charge >= 0.3 is 0 Å². The largest absolute Gasteiger partial charge is 0.493 e. The third-order valence-corrected chi connectivity index (χ3v) is 7.03. The zero-order valence-electron chi connectivity index (χ0n) is 18.8. The van der Waals surface area contributed by atoms with Crippen LogP contribution >= 0.6 is 12.2 Å². The van der Waals surface area contributed by atoms with Crippen molar-refractivity contribution in [3.05, 3.63) is 29.3 Å². The number of rotatable bonds is 7. The van der Waals surface area contributed by atoms with Gasteiger partial charge in [-0.15, -0.1) is 0 Å². The monoisotopic (exact) mass is 416 g/mol. The van der Waals surface area contributed by atoms with Gasteiger partial charge in [-0.1, -0.05) is 46.0 Å². The summed E-state index contributed by atoms with van der Waals surface area (Å²) in [7, 11) is 1.82. The minimum Gasteiger partial charge on any atom is -0.493 e. The first-order valence-electron chi connectivity index (χ1n) is 10.9. The molecule has 0 saturated heterocycles. The first kappa shape index (κ1) is 22.2. The molecule has 0 spiro atoms. The standard InChI is InChI=1S/C24H36N2O2S/c1-7-18-8-9-20(28-15-16(2)3)14-21(18)24(25-17(4)22(29)26-24)23(5)12-10-19(27-6)11-13-23/h8-9,14,16,19H,7,10-13,15H2,1-6H3,(H,26,29). The van der Waals surface area contributed by atoms with Crippen LogP contribution in [0.15, 0.2) is 23.2 Å². The molecule has 1 saturated carbocycles. The molecule has 29 heavy (non-hydrogen) atoms. The van der Waals surface area contributed by atoms with Crippen molar-refractivity contribution in [3.8, 4) is 5.75 Å². The first-order chi connectivity index (χ1) is 13.7. The minimum absolute atomic E-state index is 0.0511. The second-order valence-electron chi connectivity index (χ2n) is 9.23. The van der Waals surface area contributed by atoms with Crippen LogP contribution in [0.25, 0.3) is 0 Å². The summed E-state index contributed by atoms with van der Waals surface area (Å²) < 4.78 is 11.7. The van der Waals surface area contributed by atoms with E-state index in [-0.39, 0.29) is 5.41 Å². The van der Waals surface area contributed by atoms with Gasteiger partial charge in [-0.25, -0.2) is 0 Å². The molecular weight excluding hydrogens is 380 g/mol. The van der Waals surface area contributed by atoms with Crippen LogP contribution in [0.1, 0.15) is 71.4 Å². The van der Waals surface area contributed by atoms with Crippen molar-refractivity contribution in [2.24, 2.45) is 16.3 Å². The number of hydrogen-bond donors (Lipinski definition) is 1. The van der Waals surface area contributed by atoms with Gasteiger partial charge in [0.2, 0.25) is 0 Å². The van der Waals surface area contributed by atoms with Crippen molar-refractivity contribution in [1.82, 2.24) is 5.32 Å². The zero-order valence-corrected chi connectivity index (χ0v) is 19.6. The lowest BCUT2D eigenvalue weighted by atomic mass is 9.63. The molecule has 1 aromatic carbocycles. The summed E-state index contributed by atoms with van der Waals surface area (Å²) in [5.41, 5.74) is 2.83. The van der Waals surface area contributed by atoms with E-state index in [4.69, 9.17) is 26.7 Å². The highest BCUT2D eigenvalue weighted by Gasteiger charge is 2.54. The van der Waals surface area contributed by atoms with Gasteiger partial charge in [-0.2, -0.15) is 0 Å². The van der Waals surface area contributed by atoms with Crippen molar-refractivity contribution < 1.29 is 9.47 Å². The Morgan fingerprint density at radius 3 is 2.48 bits per heavy atom. The Morgan fingerprint density at radius 2 is 1.97 bits per heavy atom. The van der Waals surface area contributed by atoms with E-state index in [1.807, 2.05) is 14.0 Å². The van der Waals surface area contributed by atoms with E-state index >= 15 is 0 Å². The van der Waals surface area contributed by atoms with Crippen LogP contribution in [0.4, 0.5) is 0 Å². The maximum absolute atomic E-state index is 6.09. The van der Waals surface area contributed by atoms with Crippen molar-refractivity contribution >= 4 is 22.9 Å². The number of nitrogens with one attached hydrogen (secondary N) is 1. The Bertz CT molecular complexity index is 781. The summed E-state index contributed by atoms with van der Waals surface area (Å²) in [6.07, 6.45) is 5.45. The molecule has 0 bridgehead atoms. The van der Waals surface area contributed by atoms with Crippen molar-refractivity contribution in [2.75, 3.05) is 13.7 Å². The number of aliphatic imine (C=N–C) groups is 1. The number of thiocarbonyl (C=S) groups is 1. The maximum atomic E-state index is 6.09. The number of aryl methyl sites for hydroxylation is 1. The quantitative estimate of drug-likeness (QED) is 0.603. The summed E-state index contributed by atoms with van der Waals surface area (Å²) >= 11 is 5.66. The second kappa shape index (κ2) is 8.73. The van der Waals surface area contributed by atoms with Gasteiger partial charge in [0.15, 0.2) is 5.66 Å². The van der Waals surface area contributed by atoms with Crippen molar-refractivity contribution in [2.45, 2.75) is 78.5 Å². The van der Waals surface area contributed by atoms with E-state index in [0.717, 1.165) is 48.6 Å². The molecule has 5 heteroatoms. The van der Waals surface area contributed by atoms with Crippen molar-refractivity contribution in [3.63, 3.8) is 0 Å². The molecule has 160 valence electrons. The van der Waals surface area contributed by atoms with E-state index in [1.165, 1.54) is 11.1 Å². The molecule has 1 N–H and O–H groups in total. The van der Waals surface area contributed by atoms with Gasteiger partial charge in [-0.05, 0) is 62.6 Å². The zero-order chi connectivity index (χ0) is 21.2. The molecule has 2 aliphatic rings. The molecule has 0 aromatic heterocycles. The lowest BCUT2D eigenvalue weighted by Crippen LogP contribution is -2.54. The van der Waals surface area contributed by atoms with E-state index in [1.54, 1.807) is 0 Å². The molecule has 1 unspecified atom stereocenters. The molecule has 1 heterocycles. The molecular formula is C24H36N2O2S. The van der Waals surface area contributed by atoms with Crippen LogP contribution in [0.2, 0.25) is 0 Å². The van der Waals surface area contributed by atoms with Crippen molar-refractivity contribution in [1.29, 1.82) is 0 Å². The fraction of sp³-hybridized carbons (Fsp3) is 0.667. The van der Waals surface area contributed by atoms with E-state index < -0.39 is 5.66 Å². The Kier molecular flexibility index (Phi) is 6.69. The Morgan fingerprint density at radius 1 is 1.28 bits per heavy atom. The molecule has 0 radical (unpaired) electrons. The number of hydrogen-bond acceptors (Lipinski definition) is 4. The smallest absolute Gasteiger partial charge is 0.162 e. The molecule has 3 rings (SSSR count). The topological polar surface area (TPSA) is 42.9 Å². The van der Waals surface area contributed by atoms with Crippen LogP contribution in [-0.2, 0) is 16.8 Å². The molecule has 1 aliphatic carbocycles. The molecule has 1 fully saturated rings. The van der Waals surface area contributed by atoms with Gasteiger partial charge in [0.25, 0.3) is 0 Å². The summed E-state index contributed by atoms with van der Waals surface area (Å²) in [5.74, 6) is 1.39. The molecule has 4 nitrogen and oxygen atoms in total. The Hall–Kier alpha value is -1.46. The van der Waals surface area contributed by atoms with Gasteiger partial charge in [0.1, 0.15) is 10.7 Å². The lowest BCUT2D eigenvalue weighted by Gasteiger charge is -2.49. The number of methoxy groups -OCH3 is 1. The van der Waals surface area contributed by atoms with Crippen LogP contribution in [0.5, 0.6) is 5.75 Å². The second-order valence-corrected chi connectivity index (χ2v) is 9.64. The van der Waals surface area contributed by atoms with Gasteiger partial charge in [-0.3, -0.25) is 4.99 Å². The number of nitrogens with zero attached hydrogens (tertiary/aromatic N) is 1. The highest BCUT2D eigenvalue weighted by molar-refractivity contribution is 7.82. The van der Waals surface area contributed by atoms with Gasteiger partial charge < -0.3 is 14.8 Å². The third-order valence-electron chi connectivity index (χ3n) is 6.64. The molecule has 0 amide bonds. The summed E-state index contributed by atoms with van der Waals surface area (Å²) in [4.78, 5) is 5.99. The first-order valence-corrected chi connectivity index (χ1v) is 11.3. The van der Waals surface area contributed by atoms with Crippen LogP contribution in [0.3, 0.4) is 0 Å². The van der Waals surface area contributed by atoms with E-state index in [9.17, 15) is 0 Å². The summed E-state index contributed by atoms with van der Waals surface area (Å²) in [6.45, 7) is 11.6. The fourth-order valence-electron chi connectivity index (χ4n) is 4.70.